The maximum absolute atomic E-state index is 14.8. The van der Waals surface area contributed by atoms with E-state index in [1.54, 1.807) is 5.32 Å². The summed E-state index contributed by atoms with van der Waals surface area (Å²) in [7, 11) is 1.44. The molecule has 4 rings (SSSR count). The Morgan fingerprint density at radius 2 is 1.95 bits per heavy atom. The Bertz CT molecular complexity index is 1440. The molecule has 0 spiro atoms. The zero-order chi connectivity index (χ0) is 27.1. The third-order valence-electron chi connectivity index (χ3n) is 6.06. The number of aromatic nitrogens is 2. The number of nitrogens with one attached hydrogen (secondary N) is 1. The molecule has 37 heavy (non-hydrogen) atoms. The third-order valence-corrected chi connectivity index (χ3v) is 6.06. The summed E-state index contributed by atoms with van der Waals surface area (Å²) in [6.45, 7) is 1.38. The quantitative estimate of drug-likeness (QED) is 0.499. The molecule has 0 saturated carbocycles. The topological polar surface area (TPSA) is 93.5 Å². The van der Waals surface area contributed by atoms with Gasteiger partial charge in [0.1, 0.15) is 29.1 Å². The Kier molecular flexibility index (Phi) is 7.00. The van der Waals surface area contributed by atoms with Crippen LogP contribution in [-0.4, -0.2) is 53.3 Å². The van der Waals surface area contributed by atoms with E-state index in [9.17, 15) is 36.3 Å². The second kappa shape index (κ2) is 9.88. The van der Waals surface area contributed by atoms with E-state index >= 15 is 0 Å². The highest BCUT2D eigenvalue weighted by molar-refractivity contribution is 5.99. The molecule has 0 bridgehead atoms. The van der Waals surface area contributed by atoms with E-state index in [4.69, 9.17) is 4.74 Å². The van der Waals surface area contributed by atoms with Crippen LogP contribution in [0.25, 0.3) is 16.7 Å². The number of fused-ring (bicyclic) bond motifs is 1. The first-order chi connectivity index (χ1) is 17.4. The monoisotopic (exact) mass is 524 g/mol. The normalized spacial score (nSPS) is 16.9. The van der Waals surface area contributed by atoms with E-state index in [1.807, 2.05) is 0 Å². The largest absolute Gasteiger partial charge is 0.408 e. The fourth-order valence-electron chi connectivity index (χ4n) is 4.07. The summed E-state index contributed by atoms with van der Waals surface area (Å²) in [6, 6.07) is 2.86. The van der Waals surface area contributed by atoms with E-state index in [1.165, 1.54) is 31.1 Å². The van der Waals surface area contributed by atoms with Crippen molar-refractivity contribution in [1.29, 1.82) is 0 Å². The molecular weight excluding hydrogens is 503 g/mol. The number of ether oxygens (including phenoxy) is 1. The van der Waals surface area contributed by atoms with Gasteiger partial charge < -0.3 is 10.1 Å². The number of carbonyl (C=O) groups excluding carboxylic acids is 2. The molecule has 1 aliphatic rings. The first-order valence-electron chi connectivity index (χ1n) is 11.2. The molecule has 2 aromatic heterocycles. The summed E-state index contributed by atoms with van der Waals surface area (Å²) in [4.78, 5) is 44.0. The summed E-state index contributed by atoms with van der Waals surface area (Å²) in [5, 5.41) is 1.56. The highest BCUT2D eigenvalue weighted by Crippen LogP contribution is 2.26. The van der Waals surface area contributed by atoms with Gasteiger partial charge >= 0.3 is 6.18 Å². The molecular formula is C24H21F5N4O4. The predicted molar refractivity (Wildman–Crippen MR) is 123 cm³/mol. The predicted octanol–water partition coefficient (Wildman–Crippen LogP) is 3.49. The number of anilines is 1. The lowest BCUT2D eigenvalue weighted by Crippen LogP contribution is -2.46. The van der Waals surface area contributed by atoms with Crippen molar-refractivity contribution in [3.05, 3.63) is 63.9 Å². The number of hydrogen-bond acceptors (Lipinski definition) is 5. The Morgan fingerprint density at radius 3 is 2.54 bits per heavy atom. The fourth-order valence-corrected chi connectivity index (χ4v) is 4.07. The fraction of sp³-hybridized carbons (Fsp3) is 0.333. The van der Waals surface area contributed by atoms with Crippen LogP contribution in [0.5, 0.6) is 0 Å². The molecule has 8 nitrogen and oxygen atoms in total. The van der Waals surface area contributed by atoms with Crippen molar-refractivity contribution in [2.75, 3.05) is 18.6 Å². The Labute approximate surface area is 206 Å². The Hall–Kier alpha value is -3.87. The van der Waals surface area contributed by atoms with E-state index in [0.717, 1.165) is 22.9 Å². The molecule has 1 saturated heterocycles. The second-order valence-electron chi connectivity index (χ2n) is 8.42. The highest BCUT2D eigenvalue weighted by Gasteiger charge is 2.40. The van der Waals surface area contributed by atoms with Crippen molar-refractivity contribution >= 4 is 28.7 Å². The number of benzene rings is 1. The minimum Gasteiger partial charge on any atom is -0.379 e. The lowest BCUT2D eigenvalue weighted by Gasteiger charge is -2.21. The van der Waals surface area contributed by atoms with Crippen LogP contribution in [0, 0.1) is 11.6 Å². The van der Waals surface area contributed by atoms with Gasteiger partial charge in [-0.1, -0.05) is 6.92 Å². The SMILES string of the molecule is CCC(NC(=O)c1cn(-c2ccc(F)cc2F)c2nc(N3C[C@@H](OC)CC3=O)ccc2c1=O)C(F)(F)F. The lowest BCUT2D eigenvalue weighted by molar-refractivity contribution is -0.153. The molecule has 2 atom stereocenters. The van der Waals surface area contributed by atoms with Gasteiger partial charge in [0.15, 0.2) is 5.65 Å². The zero-order valence-electron chi connectivity index (χ0n) is 19.6. The smallest absolute Gasteiger partial charge is 0.379 e. The van der Waals surface area contributed by atoms with E-state index in [-0.39, 0.29) is 41.4 Å². The number of alkyl halides is 3. The number of hydrogen-bond donors (Lipinski definition) is 1. The Balaban J connectivity index is 1.91. The van der Waals surface area contributed by atoms with Crippen molar-refractivity contribution in [2.45, 2.75) is 38.1 Å². The molecule has 1 N–H and O–H groups in total. The number of pyridine rings is 2. The summed E-state index contributed by atoms with van der Waals surface area (Å²) >= 11 is 0. The molecule has 3 aromatic rings. The highest BCUT2D eigenvalue weighted by atomic mass is 19.4. The average molecular weight is 524 g/mol. The molecule has 3 heterocycles. The molecule has 1 fully saturated rings. The average Bonchev–Trinajstić information content (AvgIpc) is 3.23. The van der Waals surface area contributed by atoms with E-state index < -0.39 is 53.3 Å². The zero-order valence-corrected chi connectivity index (χ0v) is 19.6. The number of halogens is 5. The van der Waals surface area contributed by atoms with Gasteiger partial charge in [-0.3, -0.25) is 23.9 Å². The van der Waals surface area contributed by atoms with Crippen molar-refractivity contribution < 1.29 is 36.3 Å². The van der Waals surface area contributed by atoms with Gasteiger partial charge in [0.05, 0.1) is 30.1 Å². The van der Waals surface area contributed by atoms with Gasteiger partial charge in [-0.2, -0.15) is 13.2 Å². The van der Waals surface area contributed by atoms with Crippen molar-refractivity contribution in [3.63, 3.8) is 0 Å². The van der Waals surface area contributed by atoms with Crippen LogP contribution >= 0.6 is 0 Å². The minimum atomic E-state index is -4.76. The molecule has 1 aliphatic heterocycles. The molecule has 196 valence electrons. The summed E-state index contributed by atoms with van der Waals surface area (Å²) in [5.74, 6) is -3.51. The maximum atomic E-state index is 14.8. The molecule has 0 aliphatic carbocycles. The van der Waals surface area contributed by atoms with Gasteiger partial charge in [-0.15, -0.1) is 0 Å². The molecule has 1 unspecified atom stereocenters. The lowest BCUT2D eigenvalue weighted by atomic mass is 10.1. The minimum absolute atomic E-state index is 0.0898. The maximum Gasteiger partial charge on any atom is 0.408 e. The summed E-state index contributed by atoms with van der Waals surface area (Å²) in [5.41, 5.74) is -2.17. The number of amides is 2. The van der Waals surface area contributed by atoms with Gasteiger partial charge in [0.25, 0.3) is 5.91 Å². The molecule has 13 heteroatoms. The Morgan fingerprint density at radius 1 is 1.22 bits per heavy atom. The van der Waals surface area contributed by atoms with Crippen LogP contribution < -0.4 is 15.6 Å². The third kappa shape index (κ3) is 5.03. The van der Waals surface area contributed by atoms with Crippen LogP contribution in [0.4, 0.5) is 27.8 Å². The van der Waals surface area contributed by atoms with Gasteiger partial charge in [0, 0.05) is 19.4 Å². The van der Waals surface area contributed by atoms with Crippen LogP contribution in [0.15, 0.2) is 41.3 Å². The molecule has 0 radical (unpaired) electrons. The number of methoxy groups -OCH3 is 1. The van der Waals surface area contributed by atoms with Crippen LogP contribution in [0.2, 0.25) is 0 Å². The van der Waals surface area contributed by atoms with E-state index in [2.05, 4.69) is 4.98 Å². The standard InChI is InChI=1S/C24H21F5N4O4/c1-3-18(24(27,28)29)30-23(36)15-11-32(17-6-4-12(25)8-16(17)26)22-14(21(15)35)5-7-19(31-22)33-10-13(37-2)9-20(33)34/h4-8,11,13,18H,3,9-10H2,1-2H3,(H,30,36)/t13-,18?/m0/s1. The van der Waals surface area contributed by atoms with Crippen molar-refractivity contribution in [3.8, 4) is 5.69 Å². The second-order valence-corrected chi connectivity index (χ2v) is 8.42. The summed E-state index contributed by atoms with van der Waals surface area (Å²) in [6.07, 6.45) is -4.71. The van der Waals surface area contributed by atoms with Gasteiger partial charge in [0.2, 0.25) is 11.3 Å². The van der Waals surface area contributed by atoms with Gasteiger partial charge in [-0.25, -0.2) is 13.8 Å². The van der Waals surface area contributed by atoms with E-state index in [0.29, 0.717) is 6.07 Å². The molecule has 1 aromatic carbocycles. The number of carbonyl (C=O) groups is 2. The number of nitrogens with zero attached hydrogens (tertiary/aromatic N) is 3. The first kappa shape index (κ1) is 26.2. The van der Waals surface area contributed by atoms with Gasteiger partial charge in [-0.05, 0) is 30.7 Å². The van der Waals surface area contributed by atoms with Crippen LogP contribution in [-0.2, 0) is 9.53 Å². The van der Waals surface area contributed by atoms with Crippen molar-refractivity contribution in [1.82, 2.24) is 14.9 Å². The summed E-state index contributed by atoms with van der Waals surface area (Å²) < 4.78 is 74.2. The number of rotatable bonds is 6. The van der Waals surface area contributed by atoms with Crippen LogP contribution in [0.1, 0.15) is 30.1 Å². The van der Waals surface area contributed by atoms with Crippen molar-refractivity contribution in [2.24, 2.45) is 0 Å². The molecule has 2 amide bonds. The first-order valence-corrected chi connectivity index (χ1v) is 11.2. The van der Waals surface area contributed by atoms with Crippen LogP contribution in [0.3, 0.4) is 0 Å².